The average molecular weight is 294 g/mol. The van der Waals surface area contributed by atoms with Gasteiger partial charge in [0.2, 0.25) is 0 Å². The molecule has 0 spiro atoms. The predicted molar refractivity (Wildman–Crippen MR) is 83.1 cm³/mol. The normalized spacial score (nSPS) is 13.6. The largest absolute Gasteiger partial charge is 0.508 e. The van der Waals surface area contributed by atoms with Crippen LogP contribution in [-0.2, 0) is 4.74 Å². The van der Waals surface area contributed by atoms with Crippen LogP contribution >= 0.6 is 0 Å². The molecule has 0 aliphatic rings. The molecule has 118 valence electrons. The predicted octanol–water partition coefficient (Wildman–Crippen LogP) is 2.94. The highest BCUT2D eigenvalue weighted by Gasteiger charge is 2.29. The fourth-order valence-corrected chi connectivity index (χ4v) is 1.89. The van der Waals surface area contributed by atoms with E-state index in [-0.39, 0.29) is 17.2 Å². The van der Waals surface area contributed by atoms with Crippen molar-refractivity contribution in [1.82, 2.24) is 5.32 Å². The quantitative estimate of drug-likeness (QED) is 0.797. The maximum atomic E-state index is 11.7. The minimum Gasteiger partial charge on any atom is -0.508 e. The summed E-state index contributed by atoms with van der Waals surface area (Å²) in [7, 11) is 0. The number of benzene rings is 1. The second kappa shape index (κ2) is 6.35. The summed E-state index contributed by atoms with van der Waals surface area (Å²) in [6.07, 6.45) is -0.460. The number of aromatic hydroxyl groups is 1. The molecule has 4 N–H and O–H groups in total. The lowest BCUT2D eigenvalue weighted by Gasteiger charge is -2.32. The topological polar surface area (TPSA) is 84.6 Å². The fourth-order valence-electron chi connectivity index (χ4n) is 1.89. The summed E-state index contributed by atoms with van der Waals surface area (Å²) in [5.74, 6) is 0.179. The van der Waals surface area contributed by atoms with Crippen molar-refractivity contribution in [2.45, 2.75) is 46.3 Å². The molecular weight excluding hydrogens is 268 g/mol. The van der Waals surface area contributed by atoms with Crippen molar-refractivity contribution in [1.29, 1.82) is 0 Å². The zero-order valence-electron chi connectivity index (χ0n) is 13.4. The smallest absolute Gasteiger partial charge is 0.407 e. The second-order valence-electron chi connectivity index (χ2n) is 6.92. The zero-order chi connectivity index (χ0) is 16.3. The number of carbonyl (C=O) groups excluding carboxylic acids is 1. The molecule has 0 radical (unpaired) electrons. The van der Waals surface area contributed by atoms with Crippen molar-refractivity contribution in [2.24, 2.45) is 11.1 Å². The lowest BCUT2D eigenvalue weighted by molar-refractivity contribution is 0.0500. The number of nitrogens with two attached hydrogens (primary N) is 1. The van der Waals surface area contributed by atoms with Gasteiger partial charge in [0.15, 0.2) is 0 Å². The molecule has 0 saturated carbocycles. The molecule has 5 heteroatoms. The maximum Gasteiger partial charge on any atom is 0.407 e. The van der Waals surface area contributed by atoms with Gasteiger partial charge in [-0.1, -0.05) is 26.0 Å². The molecule has 1 rings (SSSR count). The Balaban J connectivity index is 2.66. The first-order valence-electron chi connectivity index (χ1n) is 7.03. The molecule has 1 aromatic carbocycles. The van der Waals surface area contributed by atoms with Crippen molar-refractivity contribution in [3.63, 3.8) is 0 Å². The van der Waals surface area contributed by atoms with Gasteiger partial charge < -0.3 is 20.9 Å². The lowest BCUT2D eigenvalue weighted by Crippen LogP contribution is -2.42. The lowest BCUT2D eigenvalue weighted by atomic mass is 9.81. The van der Waals surface area contributed by atoms with Crippen LogP contribution in [-0.4, -0.2) is 23.3 Å². The van der Waals surface area contributed by atoms with E-state index in [9.17, 15) is 9.90 Å². The first kappa shape index (κ1) is 17.3. The number of rotatable bonds is 4. The SMILES string of the molecule is CC(C)(C)OC(=O)NCC(C)(C)C(N)c1cccc(O)c1. The number of alkyl carbamates (subject to hydrolysis) is 1. The Morgan fingerprint density at radius 1 is 1.33 bits per heavy atom. The molecule has 1 aromatic rings. The Bertz CT molecular complexity index is 493. The van der Waals surface area contributed by atoms with Crippen molar-refractivity contribution < 1.29 is 14.6 Å². The zero-order valence-corrected chi connectivity index (χ0v) is 13.4. The van der Waals surface area contributed by atoms with Gasteiger partial charge in [-0.15, -0.1) is 0 Å². The van der Waals surface area contributed by atoms with Crippen LogP contribution in [0.2, 0.25) is 0 Å². The Kier molecular flexibility index (Phi) is 5.23. The Hall–Kier alpha value is -1.75. The Morgan fingerprint density at radius 3 is 2.48 bits per heavy atom. The van der Waals surface area contributed by atoms with Crippen LogP contribution in [0, 0.1) is 5.41 Å². The maximum absolute atomic E-state index is 11.7. The summed E-state index contributed by atoms with van der Waals surface area (Å²) in [6.45, 7) is 9.74. The molecule has 21 heavy (non-hydrogen) atoms. The first-order chi connectivity index (χ1) is 9.51. The van der Waals surface area contributed by atoms with Crippen LogP contribution < -0.4 is 11.1 Å². The van der Waals surface area contributed by atoms with Crippen LogP contribution in [0.15, 0.2) is 24.3 Å². The summed E-state index contributed by atoms with van der Waals surface area (Å²) < 4.78 is 5.21. The standard InChI is InChI=1S/C16H26N2O3/c1-15(2,3)21-14(20)18-10-16(4,5)13(17)11-7-6-8-12(19)9-11/h6-9,13,19H,10,17H2,1-5H3,(H,18,20). The molecule has 0 fully saturated rings. The van der Waals surface area contributed by atoms with Crippen molar-refractivity contribution in [3.05, 3.63) is 29.8 Å². The third kappa shape index (κ3) is 5.63. The number of carbonyl (C=O) groups is 1. The van der Waals surface area contributed by atoms with E-state index in [1.807, 2.05) is 40.7 Å². The van der Waals surface area contributed by atoms with E-state index < -0.39 is 11.7 Å². The Labute approximate surface area is 126 Å². The minimum atomic E-state index is -0.526. The Morgan fingerprint density at radius 2 is 1.95 bits per heavy atom. The number of nitrogens with one attached hydrogen (secondary N) is 1. The van der Waals surface area contributed by atoms with Crippen LogP contribution in [0.25, 0.3) is 0 Å². The van der Waals surface area contributed by atoms with Crippen LogP contribution in [0.3, 0.4) is 0 Å². The molecule has 0 heterocycles. The van der Waals surface area contributed by atoms with Gasteiger partial charge in [-0.2, -0.15) is 0 Å². The molecular formula is C16H26N2O3. The molecule has 5 nitrogen and oxygen atoms in total. The monoisotopic (exact) mass is 294 g/mol. The van der Waals surface area contributed by atoms with Gasteiger partial charge >= 0.3 is 6.09 Å². The number of ether oxygens (including phenoxy) is 1. The van der Waals surface area contributed by atoms with E-state index >= 15 is 0 Å². The molecule has 1 atom stereocenters. The highest BCUT2D eigenvalue weighted by Crippen LogP contribution is 2.31. The highest BCUT2D eigenvalue weighted by molar-refractivity contribution is 5.67. The van der Waals surface area contributed by atoms with Crippen molar-refractivity contribution in [2.75, 3.05) is 6.54 Å². The minimum absolute atomic E-state index is 0.179. The number of hydrogen-bond acceptors (Lipinski definition) is 4. The van der Waals surface area contributed by atoms with E-state index in [4.69, 9.17) is 10.5 Å². The molecule has 0 aliphatic heterocycles. The first-order valence-corrected chi connectivity index (χ1v) is 7.03. The van der Waals surface area contributed by atoms with Crippen LogP contribution in [0.1, 0.15) is 46.2 Å². The van der Waals surface area contributed by atoms with E-state index in [0.29, 0.717) is 6.54 Å². The van der Waals surface area contributed by atoms with Gasteiger partial charge in [0.05, 0.1) is 0 Å². The third-order valence-electron chi connectivity index (χ3n) is 3.16. The van der Waals surface area contributed by atoms with Crippen molar-refractivity contribution in [3.8, 4) is 5.75 Å². The molecule has 1 amide bonds. The molecule has 0 aliphatic carbocycles. The van der Waals surface area contributed by atoms with Gasteiger partial charge in [0, 0.05) is 18.0 Å². The molecule has 0 saturated heterocycles. The second-order valence-corrected chi connectivity index (χ2v) is 6.92. The number of hydrogen-bond donors (Lipinski definition) is 3. The fraction of sp³-hybridized carbons (Fsp3) is 0.562. The average Bonchev–Trinajstić information content (AvgIpc) is 2.33. The summed E-state index contributed by atoms with van der Waals surface area (Å²) >= 11 is 0. The van der Waals surface area contributed by atoms with Gasteiger partial charge in [0.1, 0.15) is 11.4 Å². The van der Waals surface area contributed by atoms with Gasteiger partial charge in [-0.3, -0.25) is 0 Å². The van der Waals surface area contributed by atoms with E-state index in [1.165, 1.54) is 0 Å². The summed E-state index contributed by atoms with van der Waals surface area (Å²) in [6, 6.07) is 6.53. The molecule has 0 bridgehead atoms. The van der Waals surface area contributed by atoms with E-state index in [0.717, 1.165) is 5.56 Å². The number of amides is 1. The summed E-state index contributed by atoms with van der Waals surface area (Å²) in [4.78, 5) is 11.7. The van der Waals surface area contributed by atoms with Gasteiger partial charge in [0.25, 0.3) is 0 Å². The number of phenols is 1. The van der Waals surface area contributed by atoms with Gasteiger partial charge in [-0.05, 0) is 38.5 Å². The molecule has 0 aromatic heterocycles. The van der Waals surface area contributed by atoms with E-state index in [2.05, 4.69) is 5.32 Å². The van der Waals surface area contributed by atoms with Crippen molar-refractivity contribution >= 4 is 6.09 Å². The summed E-state index contributed by atoms with van der Waals surface area (Å²) in [5, 5.41) is 12.3. The van der Waals surface area contributed by atoms with Gasteiger partial charge in [-0.25, -0.2) is 4.79 Å². The van der Waals surface area contributed by atoms with Crippen LogP contribution in [0.5, 0.6) is 5.75 Å². The molecule has 1 unspecified atom stereocenters. The third-order valence-corrected chi connectivity index (χ3v) is 3.16. The highest BCUT2D eigenvalue weighted by atomic mass is 16.6. The number of phenolic OH excluding ortho intramolecular Hbond substituents is 1. The van der Waals surface area contributed by atoms with E-state index in [1.54, 1.807) is 18.2 Å². The van der Waals surface area contributed by atoms with Crippen LogP contribution in [0.4, 0.5) is 4.79 Å². The summed E-state index contributed by atoms with van der Waals surface area (Å²) in [5.41, 5.74) is 6.17.